The van der Waals surface area contributed by atoms with Crippen molar-refractivity contribution < 1.29 is 13.2 Å². The number of sulfone groups is 1. The highest BCUT2D eigenvalue weighted by molar-refractivity contribution is 14.0. The predicted molar refractivity (Wildman–Crippen MR) is 101 cm³/mol. The third-order valence-corrected chi connectivity index (χ3v) is 3.85. The van der Waals surface area contributed by atoms with Crippen LogP contribution in [0.25, 0.3) is 0 Å². The molecule has 0 heterocycles. The van der Waals surface area contributed by atoms with E-state index in [2.05, 4.69) is 10.3 Å². The second-order valence-electron chi connectivity index (χ2n) is 4.81. The van der Waals surface area contributed by atoms with Crippen molar-refractivity contribution in [1.29, 1.82) is 0 Å². The first kappa shape index (κ1) is 21.0. The van der Waals surface area contributed by atoms with Gasteiger partial charge in [0.15, 0.2) is 5.96 Å². The van der Waals surface area contributed by atoms with Crippen LogP contribution in [0.3, 0.4) is 0 Å². The first-order chi connectivity index (χ1) is 9.85. The summed E-state index contributed by atoms with van der Waals surface area (Å²) < 4.78 is 27.4. The number of hydrogen-bond acceptors (Lipinski definition) is 4. The normalized spacial score (nSPS) is 11.5. The van der Waals surface area contributed by atoms with E-state index < -0.39 is 9.84 Å². The topological polar surface area (TPSA) is 71.0 Å². The molecule has 0 aromatic heterocycles. The lowest BCUT2D eigenvalue weighted by atomic mass is 10.2. The predicted octanol–water partition coefficient (Wildman–Crippen LogP) is 1.37. The third kappa shape index (κ3) is 7.83. The Hall–Kier alpha value is -1.03. The molecule has 1 rings (SSSR count). The lowest BCUT2D eigenvalue weighted by Crippen LogP contribution is -2.40. The van der Waals surface area contributed by atoms with E-state index in [1.165, 1.54) is 6.26 Å². The molecule has 0 fully saturated rings. The summed E-state index contributed by atoms with van der Waals surface area (Å²) in [7, 11) is 2.24. The highest BCUT2D eigenvalue weighted by atomic mass is 127. The Labute approximate surface area is 149 Å². The second kappa shape index (κ2) is 9.88. The fourth-order valence-electron chi connectivity index (χ4n) is 1.81. The average molecular weight is 441 g/mol. The molecule has 0 aliphatic rings. The van der Waals surface area contributed by atoms with Gasteiger partial charge in [-0.25, -0.2) is 8.42 Å². The Balaban J connectivity index is 0.00000441. The summed E-state index contributed by atoms with van der Waals surface area (Å²) >= 11 is 0. The van der Waals surface area contributed by atoms with Crippen molar-refractivity contribution in [2.45, 2.75) is 6.54 Å². The molecule has 0 bridgehead atoms. The highest BCUT2D eigenvalue weighted by Crippen LogP contribution is 2.12. The largest absolute Gasteiger partial charge is 0.497 e. The quantitative estimate of drug-likeness (QED) is 0.410. The number of aliphatic imine (C=N–C) groups is 1. The van der Waals surface area contributed by atoms with E-state index in [0.29, 0.717) is 19.0 Å². The number of nitrogens with zero attached hydrogens (tertiary/aromatic N) is 2. The van der Waals surface area contributed by atoms with Crippen LogP contribution in [0.4, 0.5) is 0 Å². The van der Waals surface area contributed by atoms with Crippen LogP contribution in [-0.2, 0) is 16.4 Å². The van der Waals surface area contributed by atoms with E-state index >= 15 is 0 Å². The minimum atomic E-state index is -2.97. The third-order valence-electron chi connectivity index (χ3n) is 2.91. The van der Waals surface area contributed by atoms with Crippen LogP contribution in [-0.4, -0.2) is 59.0 Å². The van der Waals surface area contributed by atoms with Crippen LogP contribution >= 0.6 is 24.0 Å². The zero-order chi connectivity index (χ0) is 15.9. The lowest BCUT2D eigenvalue weighted by molar-refractivity contribution is 0.414. The summed E-state index contributed by atoms with van der Waals surface area (Å²) in [6.45, 7) is 1.01. The molecule has 0 aliphatic carbocycles. The van der Waals surface area contributed by atoms with Gasteiger partial charge in [-0.1, -0.05) is 12.1 Å². The fraction of sp³-hybridized carbons (Fsp3) is 0.500. The van der Waals surface area contributed by atoms with Gasteiger partial charge in [0.2, 0.25) is 0 Å². The van der Waals surface area contributed by atoms with Crippen LogP contribution in [0.1, 0.15) is 5.56 Å². The van der Waals surface area contributed by atoms with Gasteiger partial charge in [-0.2, -0.15) is 0 Å². The van der Waals surface area contributed by atoms with Gasteiger partial charge in [0, 0.05) is 33.4 Å². The maximum atomic E-state index is 11.1. The minimum Gasteiger partial charge on any atom is -0.497 e. The molecule has 8 heteroatoms. The maximum absolute atomic E-state index is 11.1. The molecule has 0 saturated heterocycles. The summed E-state index contributed by atoms with van der Waals surface area (Å²) in [5, 5.41) is 3.04. The Morgan fingerprint density at radius 3 is 2.36 bits per heavy atom. The maximum Gasteiger partial charge on any atom is 0.193 e. The van der Waals surface area contributed by atoms with Crippen LogP contribution in [0, 0.1) is 0 Å². The van der Waals surface area contributed by atoms with Crippen LogP contribution in [0.5, 0.6) is 5.75 Å². The summed E-state index contributed by atoms with van der Waals surface area (Å²) in [5.74, 6) is 1.56. The van der Waals surface area contributed by atoms with E-state index in [4.69, 9.17) is 4.74 Å². The van der Waals surface area contributed by atoms with Gasteiger partial charge >= 0.3 is 0 Å². The molecule has 1 aromatic rings. The van der Waals surface area contributed by atoms with Crippen LogP contribution in [0.15, 0.2) is 29.3 Å². The summed E-state index contributed by atoms with van der Waals surface area (Å²) in [6.07, 6.45) is 1.22. The van der Waals surface area contributed by atoms with Gasteiger partial charge in [-0.05, 0) is 17.7 Å². The van der Waals surface area contributed by atoms with Crippen molar-refractivity contribution in [3.8, 4) is 5.75 Å². The molecule has 1 aromatic carbocycles. The molecule has 0 unspecified atom stereocenters. The molecule has 0 atom stereocenters. The second-order valence-corrected chi connectivity index (χ2v) is 7.07. The monoisotopic (exact) mass is 441 g/mol. The number of guanidine groups is 1. The van der Waals surface area contributed by atoms with Gasteiger partial charge in [-0.3, -0.25) is 4.99 Å². The number of rotatable bonds is 6. The number of halogens is 1. The van der Waals surface area contributed by atoms with E-state index in [9.17, 15) is 8.42 Å². The summed E-state index contributed by atoms with van der Waals surface area (Å²) in [5.41, 5.74) is 1.12. The molecule has 0 aliphatic heterocycles. The number of benzene rings is 1. The Bertz CT molecular complexity index is 574. The lowest BCUT2D eigenvalue weighted by Gasteiger charge is -2.22. The molecular formula is C14H24IN3O3S. The number of nitrogens with one attached hydrogen (secondary N) is 1. The Morgan fingerprint density at radius 1 is 1.32 bits per heavy atom. The van der Waals surface area contributed by atoms with Crippen molar-refractivity contribution in [2.24, 2.45) is 4.99 Å². The molecule has 1 N–H and O–H groups in total. The first-order valence-electron chi connectivity index (χ1n) is 6.58. The molecule has 0 radical (unpaired) electrons. The molecule has 126 valence electrons. The molecule has 22 heavy (non-hydrogen) atoms. The zero-order valence-corrected chi connectivity index (χ0v) is 16.5. The zero-order valence-electron chi connectivity index (χ0n) is 13.4. The van der Waals surface area contributed by atoms with E-state index in [0.717, 1.165) is 11.3 Å². The van der Waals surface area contributed by atoms with Crippen molar-refractivity contribution in [3.63, 3.8) is 0 Å². The minimum absolute atomic E-state index is 0. The number of hydrogen-bond donors (Lipinski definition) is 1. The summed E-state index contributed by atoms with van der Waals surface area (Å²) in [4.78, 5) is 6.08. The van der Waals surface area contributed by atoms with Gasteiger partial charge in [0.1, 0.15) is 15.6 Å². The van der Waals surface area contributed by atoms with Gasteiger partial charge in [-0.15, -0.1) is 24.0 Å². The number of methoxy groups -OCH3 is 1. The van der Waals surface area contributed by atoms with E-state index in [1.54, 1.807) is 14.2 Å². The molecule has 6 nitrogen and oxygen atoms in total. The van der Waals surface area contributed by atoms with Gasteiger partial charge in [0.25, 0.3) is 0 Å². The smallest absolute Gasteiger partial charge is 0.193 e. The summed E-state index contributed by atoms with van der Waals surface area (Å²) in [6, 6.07) is 7.78. The fourth-order valence-corrected chi connectivity index (χ4v) is 2.29. The highest BCUT2D eigenvalue weighted by Gasteiger charge is 2.08. The standard InChI is InChI=1S/C14H23N3O3S.HI/c1-15-14(16-9-10-21(4,18)19)17(2)11-12-5-7-13(20-3)8-6-12;/h5-8H,9-11H2,1-4H3,(H,15,16);1H. The average Bonchev–Trinajstić information content (AvgIpc) is 2.43. The van der Waals surface area contributed by atoms with E-state index in [-0.39, 0.29) is 29.7 Å². The van der Waals surface area contributed by atoms with Crippen molar-refractivity contribution in [1.82, 2.24) is 10.2 Å². The van der Waals surface area contributed by atoms with Crippen LogP contribution in [0.2, 0.25) is 0 Å². The number of ether oxygens (including phenoxy) is 1. The molecule has 0 amide bonds. The van der Waals surface area contributed by atoms with Gasteiger partial charge < -0.3 is 15.0 Å². The first-order valence-corrected chi connectivity index (χ1v) is 8.64. The van der Waals surface area contributed by atoms with E-state index in [1.807, 2.05) is 36.2 Å². The molecule has 0 spiro atoms. The van der Waals surface area contributed by atoms with Crippen molar-refractivity contribution in [3.05, 3.63) is 29.8 Å². The molecular weight excluding hydrogens is 417 g/mol. The van der Waals surface area contributed by atoms with Crippen molar-refractivity contribution in [2.75, 3.05) is 39.8 Å². The van der Waals surface area contributed by atoms with Gasteiger partial charge in [0.05, 0.1) is 12.9 Å². The molecule has 0 saturated carbocycles. The Morgan fingerprint density at radius 2 is 1.91 bits per heavy atom. The van der Waals surface area contributed by atoms with Crippen LogP contribution < -0.4 is 10.1 Å². The SMILES string of the molecule is CN=C(NCCS(C)(=O)=O)N(C)Cc1ccc(OC)cc1.I. The Kier molecular flexibility index (Phi) is 9.42. The van der Waals surface area contributed by atoms with Crippen molar-refractivity contribution >= 4 is 39.8 Å².